The van der Waals surface area contributed by atoms with Gasteiger partial charge < -0.3 is 19.7 Å². The van der Waals surface area contributed by atoms with Crippen molar-refractivity contribution < 1.29 is 18.7 Å². The zero-order valence-electron chi connectivity index (χ0n) is 14.5. The van der Waals surface area contributed by atoms with Crippen molar-refractivity contribution in [1.82, 2.24) is 10.2 Å². The second kappa shape index (κ2) is 9.59. The summed E-state index contributed by atoms with van der Waals surface area (Å²) < 4.78 is 23.6. The van der Waals surface area contributed by atoms with Crippen molar-refractivity contribution in [2.75, 3.05) is 47.0 Å². The van der Waals surface area contributed by atoms with E-state index in [0.717, 1.165) is 39.1 Å². The average Bonchev–Trinajstić information content (AvgIpc) is 2.59. The van der Waals surface area contributed by atoms with Gasteiger partial charge in [-0.2, -0.15) is 0 Å². The fraction of sp³-hybridized carbons (Fsp3) is 0.611. The number of hydrogen-bond donors (Lipinski definition) is 1. The number of likely N-dealkylation sites (tertiary alicyclic amines) is 1. The van der Waals surface area contributed by atoms with Gasteiger partial charge >= 0.3 is 0 Å². The van der Waals surface area contributed by atoms with Crippen molar-refractivity contribution in [2.45, 2.75) is 19.3 Å². The van der Waals surface area contributed by atoms with Gasteiger partial charge in [-0.3, -0.25) is 4.79 Å². The number of carbonyl (C=O) groups is 1. The zero-order valence-corrected chi connectivity index (χ0v) is 14.5. The van der Waals surface area contributed by atoms with Gasteiger partial charge in [0.1, 0.15) is 0 Å². The first-order chi connectivity index (χ1) is 11.6. The van der Waals surface area contributed by atoms with E-state index >= 15 is 0 Å². The van der Waals surface area contributed by atoms with Gasteiger partial charge in [0.15, 0.2) is 11.6 Å². The first-order valence-corrected chi connectivity index (χ1v) is 8.42. The van der Waals surface area contributed by atoms with Gasteiger partial charge in [0, 0.05) is 20.2 Å². The number of carbonyl (C=O) groups excluding carboxylic acids is 1. The van der Waals surface area contributed by atoms with Crippen molar-refractivity contribution in [3.8, 4) is 5.75 Å². The predicted molar refractivity (Wildman–Crippen MR) is 90.7 cm³/mol. The Labute approximate surface area is 143 Å². The highest BCUT2D eigenvalue weighted by atomic mass is 19.1. The van der Waals surface area contributed by atoms with Crippen LogP contribution in [0.2, 0.25) is 0 Å². The smallest absolute Gasteiger partial charge is 0.224 e. The lowest BCUT2D eigenvalue weighted by Crippen LogP contribution is -2.40. The highest BCUT2D eigenvalue weighted by molar-refractivity contribution is 5.78. The van der Waals surface area contributed by atoms with Crippen LogP contribution in [0.4, 0.5) is 4.39 Å². The van der Waals surface area contributed by atoms with Crippen LogP contribution in [0.5, 0.6) is 5.75 Å². The lowest BCUT2D eigenvalue weighted by atomic mass is 9.96. The molecule has 1 heterocycles. The molecule has 1 fully saturated rings. The van der Waals surface area contributed by atoms with Gasteiger partial charge in [-0.1, -0.05) is 6.07 Å². The molecule has 1 N–H and O–H groups in total. The maximum absolute atomic E-state index is 13.6. The van der Waals surface area contributed by atoms with Crippen molar-refractivity contribution >= 4 is 5.91 Å². The monoisotopic (exact) mass is 338 g/mol. The molecule has 0 spiro atoms. The van der Waals surface area contributed by atoms with Crippen LogP contribution >= 0.6 is 0 Å². The number of nitrogens with zero attached hydrogens (tertiary/aromatic N) is 1. The first-order valence-electron chi connectivity index (χ1n) is 8.42. The van der Waals surface area contributed by atoms with E-state index in [2.05, 4.69) is 10.2 Å². The number of rotatable bonds is 8. The number of amides is 1. The third-order valence-electron chi connectivity index (χ3n) is 4.49. The Morgan fingerprint density at radius 3 is 2.71 bits per heavy atom. The van der Waals surface area contributed by atoms with Crippen LogP contribution in [-0.4, -0.2) is 57.8 Å². The molecule has 1 amide bonds. The van der Waals surface area contributed by atoms with E-state index in [9.17, 15) is 9.18 Å². The molecule has 0 atom stereocenters. The van der Waals surface area contributed by atoms with E-state index in [1.807, 2.05) is 0 Å². The van der Waals surface area contributed by atoms with Gasteiger partial charge in [-0.05, 0) is 49.5 Å². The molecule has 1 aromatic rings. The number of methoxy groups -OCH3 is 2. The van der Waals surface area contributed by atoms with Gasteiger partial charge in [0.2, 0.25) is 5.91 Å². The normalized spacial score (nSPS) is 16.1. The number of halogens is 1. The molecule has 0 aromatic heterocycles. The molecule has 1 aliphatic rings. The molecular weight excluding hydrogens is 311 g/mol. The highest BCUT2D eigenvalue weighted by Gasteiger charge is 2.19. The van der Waals surface area contributed by atoms with E-state index in [0.29, 0.717) is 18.0 Å². The molecule has 2 rings (SSSR count). The Morgan fingerprint density at radius 2 is 2.08 bits per heavy atom. The van der Waals surface area contributed by atoms with E-state index in [1.165, 1.54) is 13.2 Å². The summed E-state index contributed by atoms with van der Waals surface area (Å²) >= 11 is 0. The highest BCUT2D eigenvalue weighted by Crippen LogP contribution is 2.18. The van der Waals surface area contributed by atoms with E-state index in [4.69, 9.17) is 9.47 Å². The standard InChI is InChI=1S/C18H27FN2O3/c1-23-10-9-21-7-5-14(6-8-21)13-20-18(22)12-15-3-4-17(24-2)16(19)11-15/h3-4,11,14H,5-10,12-13H2,1-2H3,(H,20,22). The lowest BCUT2D eigenvalue weighted by Gasteiger charge is -2.31. The maximum Gasteiger partial charge on any atom is 0.224 e. The average molecular weight is 338 g/mol. The van der Waals surface area contributed by atoms with Gasteiger partial charge in [0.25, 0.3) is 0 Å². The minimum absolute atomic E-state index is 0.0682. The summed E-state index contributed by atoms with van der Waals surface area (Å²) in [6.07, 6.45) is 2.36. The summed E-state index contributed by atoms with van der Waals surface area (Å²) in [5, 5.41) is 2.97. The van der Waals surface area contributed by atoms with Crippen LogP contribution in [0.15, 0.2) is 18.2 Å². The fourth-order valence-electron chi connectivity index (χ4n) is 2.96. The Kier molecular flexibility index (Phi) is 7.46. The van der Waals surface area contributed by atoms with Crippen LogP contribution in [0, 0.1) is 11.7 Å². The van der Waals surface area contributed by atoms with Crippen LogP contribution in [0.1, 0.15) is 18.4 Å². The number of ether oxygens (including phenoxy) is 2. The third kappa shape index (κ3) is 5.76. The molecule has 0 aliphatic carbocycles. The summed E-state index contributed by atoms with van der Waals surface area (Å²) in [5.74, 6) is 0.201. The minimum atomic E-state index is -0.439. The van der Waals surface area contributed by atoms with Crippen LogP contribution in [0.3, 0.4) is 0 Å². The van der Waals surface area contributed by atoms with E-state index in [-0.39, 0.29) is 18.1 Å². The third-order valence-corrected chi connectivity index (χ3v) is 4.49. The Hall–Kier alpha value is -1.66. The molecule has 0 unspecified atom stereocenters. The quantitative estimate of drug-likeness (QED) is 0.786. The number of piperidine rings is 1. The van der Waals surface area contributed by atoms with E-state index < -0.39 is 5.82 Å². The van der Waals surface area contributed by atoms with Crippen molar-refractivity contribution in [3.63, 3.8) is 0 Å². The molecule has 0 saturated carbocycles. The topological polar surface area (TPSA) is 50.8 Å². The van der Waals surface area contributed by atoms with Crippen molar-refractivity contribution in [2.24, 2.45) is 5.92 Å². The van der Waals surface area contributed by atoms with Crippen LogP contribution < -0.4 is 10.1 Å². The molecule has 6 heteroatoms. The molecule has 1 saturated heterocycles. The predicted octanol–water partition coefficient (Wildman–Crippen LogP) is 1.85. The summed E-state index contributed by atoms with van der Waals surface area (Å²) in [6.45, 7) is 4.52. The molecular formula is C18H27FN2O3. The lowest BCUT2D eigenvalue weighted by molar-refractivity contribution is -0.120. The summed E-state index contributed by atoms with van der Waals surface area (Å²) in [5.41, 5.74) is 0.653. The molecule has 0 radical (unpaired) electrons. The second-order valence-corrected chi connectivity index (χ2v) is 6.23. The first kappa shape index (κ1) is 18.7. The summed E-state index contributed by atoms with van der Waals surface area (Å²) in [6, 6.07) is 4.62. The summed E-state index contributed by atoms with van der Waals surface area (Å²) in [7, 11) is 3.14. The molecule has 0 bridgehead atoms. The molecule has 1 aromatic carbocycles. The molecule has 24 heavy (non-hydrogen) atoms. The Morgan fingerprint density at radius 1 is 1.33 bits per heavy atom. The van der Waals surface area contributed by atoms with Gasteiger partial charge in [-0.25, -0.2) is 4.39 Å². The van der Waals surface area contributed by atoms with Crippen molar-refractivity contribution in [1.29, 1.82) is 0 Å². The number of benzene rings is 1. The van der Waals surface area contributed by atoms with Gasteiger partial charge in [-0.15, -0.1) is 0 Å². The fourth-order valence-corrected chi connectivity index (χ4v) is 2.96. The Bertz CT molecular complexity index is 531. The molecule has 5 nitrogen and oxygen atoms in total. The number of nitrogens with one attached hydrogen (secondary N) is 1. The van der Waals surface area contributed by atoms with Crippen molar-refractivity contribution in [3.05, 3.63) is 29.6 Å². The van der Waals surface area contributed by atoms with E-state index in [1.54, 1.807) is 19.2 Å². The van der Waals surface area contributed by atoms with Gasteiger partial charge in [0.05, 0.1) is 20.1 Å². The maximum atomic E-state index is 13.6. The van der Waals surface area contributed by atoms with Crippen LogP contribution in [0.25, 0.3) is 0 Å². The van der Waals surface area contributed by atoms with Crippen LogP contribution in [-0.2, 0) is 16.0 Å². The molecule has 134 valence electrons. The second-order valence-electron chi connectivity index (χ2n) is 6.23. The number of hydrogen-bond acceptors (Lipinski definition) is 4. The summed E-state index contributed by atoms with van der Waals surface area (Å²) in [4.78, 5) is 14.4. The molecule has 1 aliphatic heterocycles. The Balaban J connectivity index is 1.69. The zero-order chi connectivity index (χ0) is 17.4. The SMILES string of the molecule is COCCN1CCC(CNC(=O)Cc2ccc(OC)c(F)c2)CC1. The minimum Gasteiger partial charge on any atom is -0.494 e. The largest absolute Gasteiger partial charge is 0.494 e.